The van der Waals surface area contributed by atoms with Crippen LogP contribution in [0.2, 0.25) is 0 Å². The summed E-state index contributed by atoms with van der Waals surface area (Å²) < 4.78 is 39.9. The number of hydrogen-bond acceptors (Lipinski definition) is 14. The zero-order chi connectivity index (χ0) is 48.0. The number of hydrogen-bond donors (Lipinski definition) is 5. The molecule has 6 heterocycles. The zero-order valence-electron chi connectivity index (χ0n) is 38.2. The van der Waals surface area contributed by atoms with Gasteiger partial charge in [-0.25, -0.2) is 32.3 Å². The Kier molecular flexibility index (Phi) is 13.3. The number of carbonyl (C=O) groups is 5. The third-order valence-electron chi connectivity index (χ3n) is 12.6. The predicted octanol–water partition coefficient (Wildman–Crippen LogP) is 5.89. The van der Waals surface area contributed by atoms with Crippen molar-refractivity contribution in [3.63, 3.8) is 0 Å². The number of ether oxygens (including phenoxy) is 2. The Balaban J connectivity index is 1.09. The number of aliphatic carboxylic acids is 1. The molecule has 1 unspecified atom stereocenters. The number of urea groups is 1. The summed E-state index contributed by atoms with van der Waals surface area (Å²) in [6.45, 7) is 8.86. The number of nitrogens with one attached hydrogen (secondary N) is 4. The van der Waals surface area contributed by atoms with Crippen molar-refractivity contribution in [3.05, 3.63) is 58.1 Å². The molecular weight excluding hydrogens is 921 g/mol. The van der Waals surface area contributed by atoms with E-state index in [0.717, 1.165) is 10.7 Å². The van der Waals surface area contributed by atoms with E-state index in [2.05, 4.69) is 21.3 Å². The number of rotatable bonds is 10. The predicted molar refractivity (Wildman–Crippen MR) is 252 cm³/mol. The lowest BCUT2D eigenvalue weighted by Gasteiger charge is -2.34. The van der Waals surface area contributed by atoms with Gasteiger partial charge < -0.3 is 40.7 Å². The van der Waals surface area contributed by atoms with Crippen molar-refractivity contribution in [2.45, 2.75) is 127 Å². The summed E-state index contributed by atoms with van der Waals surface area (Å²) in [6, 6.07) is 4.13. The van der Waals surface area contributed by atoms with Crippen molar-refractivity contribution < 1.29 is 47.0 Å². The molecule has 18 nitrogen and oxygen atoms in total. The fraction of sp³-hybridized carbons (Fsp3) is 0.500. The molecule has 6 atom stereocenters. The Labute approximate surface area is 396 Å². The highest BCUT2D eigenvalue weighted by atomic mass is 32.2. The Hall–Kier alpha value is -5.80. The lowest BCUT2D eigenvalue weighted by molar-refractivity contribution is -0.145. The number of thiazole rings is 1. The highest BCUT2D eigenvalue weighted by molar-refractivity contribution is 7.90. The van der Waals surface area contributed by atoms with Gasteiger partial charge in [-0.1, -0.05) is 45.8 Å². The summed E-state index contributed by atoms with van der Waals surface area (Å²) >= 11 is 2.66. The summed E-state index contributed by atoms with van der Waals surface area (Å²) in [5.41, 5.74) is -0.839. The average molecular weight is 977 g/mol. The zero-order valence-corrected chi connectivity index (χ0v) is 40.6. The number of methoxy groups -OCH3 is 1. The maximum absolute atomic E-state index is 15.0. The first-order valence-corrected chi connectivity index (χ1v) is 25.6. The number of fused-ring (bicyclic) bond motifs is 4. The van der Waals surface area contributed by atoms with Crippen LogP contribution in [-0.2, 0) is 35.7 Å². The first kappa shape index (κ1) is 47.7. The molecule has 0 bridgehead atoms. The van der Waals surface area contributed by atoms with E-state index < -0.39 is 80.8 Å². The lowest BCUT2D eigenvalue weighted by Crippen LogP contribution is -2.60. The number of carbonyl (C=O) groups excluding carboxylic acids is 4. The molecule has 3 aromatic heterocycles. The normalized spacial score (nSPS) is 24.9. The quantitative estimate of drug-likeness (QED) is 0.117. The van der Waals surface area contributed by atoms with Crippen LogP contribution < -0.4 is 30.7 Å². The third-order valence-corrected chi connectivity index (χ3v) is 16.2. The van der Waals surface area contributed by atoms with Gasteiger partial charge in [-0.05, 0) is 68.5 Å². The molecule has 5 amide bonds. The van der Waals surface area contributed by atoms with Crippen LogP contribution in [-0.4, -0.2) is 112 Å². The molecule has 1 saturated carbocycles. The standard InChI is InChI=1S/C46H56N8O10S3/c1-25(2)47-44-50-33(24-66-44)32-20-35(29-15-14-27(63-6)18-31(29)48-32)64-28-19-34-39(55)52-46(42(58)59)21-26(46)12-10-8-7-9-11-13-30(40(56)53(34)22-28)49-43(60)51-38(45(3,4)5)41(57)54-23-36-37(16-17-65-36)67(54,61)62/h10,12,14-18,20,24-26,28,30,34,38H,7-9,11,13,19,21-23H2,1-6H3,(H,47,50)(H,52,55)(H,58,59)(H2,49,51,60)/b12-10-/t26?,28-,30+,34+,38-,46-/m1/s1. The van der Waals surface area contributed by atoms with E-state index in [-0.39, 0.29) is 43.3 Å². The number of pyridine rings is 1. The monoisotopic (exact) mass is 976 g/mol. The van der Waals surface area contributed by atoms with Gasteiger partial charge in [-0.15, -0.1) is 22.7 Å². The summed E-state index contributed by atoms with van der Waals surface area (Å²) in [4.78, 5) is 81.9. The number of nitrogens with zero attached hydrogens (tertiary/aromatic N) is 4. The van der Waals surface area contributed by atoms with E-state index in [1.165, 1.54) is 33.6 Å². The van der Waals surface area contributed by atoms with Crippen LogP contribution in [0.3, 0.4) is 0 Å². The van der Waals surface area contributed by atoms with E-state index in [1.807, 2.05) is 37.4 Å². The molecule has 2 fully saturated rings. The van der Waals surface area contributed by atoms with Gasteiger partial charge in [0.05, 0.1) is 31.4 Å². The SMILES string of the molecule is COc1ccc2c(O[C@@H]3C[C@H]4C(=O)N[C@]5(C(=O)O)CC5/C=C\CCCCC[C@H](NC(=O)N[C@H](C(=O)N5Cc6sccc6S5(=O)=O)C(C)(C)C)C(=O)N4C3)cc(-c3csc(NC(C)C)n3)nc2c1. The summed E-state index contributed by atoms with van der Waals surface area (Å²) in [5, 5.41) is 26.8. The van der Waals surface area contributed by atoms with Crippen molar-refractivity contribution in [2.75, 3.05) is 19.0 Å². The molecule has 8 rings (SSSR count). The van der Waals surface area contributed by atoms with Gasteiger partial charge in [0, 0.05) is 46.2 Å². The van der Waals surface area contributed by atoms with Gasteiger partial charge >= 0.3 is 12.0 Å². The van der Waals surface area contributed by atoms with Crippen molar-refractivity contribution >= 4 is 78.5 Å². The van der Waals surface area contributed by atoms with E-state index >= 15 is 0 Å². The molecule has 3 aliphatic heterocycles. The Morgan fingerprint density at radius 3 is 2.55 bits per heavy atom. The lowest BCUT2D eigenvalue weighted by atomic mass is 9.86. The molecule has 0 radical (unpaired) electrons. The number of thiophene rings is 1. The molecule has 1 aliphatic carbocycles. The van der Waals surface area contributed by atoms with Crippen molar-refractivity contribution in [1.82, 2.24) is 35.1 Å². The van der Waals surface area contributed by atoms with Crippen molar-refractivity contribution in [1.29, 1.82) is 0 Å². The van der Waals surface area contributed by atoms with E-state index in [0.29, 0.717) is 63.1 Å². The highest BCUT2D eigenvalue weighted by Crippen LogP contribution is 2.46. The molecule has 4 aliphatic rings. The van der Waals surface area contributed by atoms with Crippen LogP contribution in [0, 0.1) is 11.3 Å². The first-order valence-electron chi connectivity index (χ1n) is 22.4. The molecular formula is C46H56N8O10S3. The summed E-state index contributed by atoms with van der Waals surface area (Å²) in [5.74, 6) is -2.73. The number of carboxylic acids is 1. The fourth-order valence-corrected chi connectivity index (χ4v) is 12.6. The van der Waals surface area contributed by atoms with Gasteiger partial charge in [0.1, 0.15) is 51.9 Å². The molecule has 5 N–H and O–H groups in total. The van der Waals surface area contributed by atoms with E-state index in [9.17, 15) is 37.5 Å². The van der Waals surface area contributed by atoms with Crippen LogP contribution in [0.15, 0.2) is 58.1 Å². The molecule has 4 aromatic rings. The Morgan fingerprint density at radius 1 is 1.04 bits per heavy atom. The van der Waals surface area contributed by atoms with Gasteiger partial charge in [0.25, 0.3) is 15.9 Å². The fourth-order valence-electron chi connectivity index (χ4n) is 8.89. The van der Waals surface area contributed by atoms with Crippen LogP contribution in [0.25, 0.3) is 22.3 Å². The maximum Gasteiger partial charge on any atom is 0.330 e. The number of allylic oxidation sites excluding steroid dienone is 1. The Bertz CT molecular complexity index is 2730. The molecule has 21 heteroatoms. The first-order chi connectivity index (χ1) is 31.8. The van der Waals surface area contributed by atoms with E-state index in [1.54, 1.807) is 51.5 Å². The van der Waals surface area contributed by atoms with Crippen LogP contribution >= 0.6 is 22.7 Å². The molecule has 1 aromatic carbocycles. The van der Waals surface area contributed by atoms with Gasteiger partial charge in [-0.3, -0.25) is 14.4 Å². The number of sulfonamides is 1. The minimum Gasteiger partial charge on any atom is -0.497 e. The van der Waals surface area contributed by atoms with E-state index in [4.69, 9.17) is 19.4 Å². The summed E-state index contributed by atoms with van der Waals surface area (Å²) in [7, 11) is -2.59. The maximum atomic E-state index is 15.0. The molecule has 1 saturated heterocycles. The minimum absolute atomic E-state index is 0.0163. The third kappa shape index (κ3) is 9.81. The number of benzene rings is 1. The van der Waals surface area contributed by atoms with Gasteiger partial charge in [-0.2, -0.15) is 0 Å². The molecule has 67 heavy (non-hydrogen) atoms. The number of anilines is 1. The van der Waals surface area contributed by atoms with Crippen LogP contribution in [0.4, 0.5) is 9.93 Å². The van der Waals surface area contributed by atoms with Crippen molar-refractivity contribution in [3.8, 4) is 22.9 Å². The topological polar surface area (TPSA) is 239 Å². The molecule has 0 spiro atoms. The number of aromatic nitrogens is 2. The highest BCUT2D eigenvalue weighted by Gasteiger charge is 2.61. The van der Waals surface area contributed by atoms with Crippen LogP contribution in [0.1, 0.15) is 84.4 Å². The minimum atomic E-state index is -4.14. The average Bonchev–Trinajstić information content (AvgIpc) is 3.76. The largest absolute Gasteiger partial charge is 0.497 e. The summed E-state index contributed by atoms with van der Waals surface area (Å²) in [6.07, 6.45) is 5.87. The second-order valence-corrected chi connectivity index (χ2v) is 22.6. The second kappa shape index (κ2) is 18.7. The second-order valence-electron chi connectivity index (χ2n) is 18.9. The Morgan fingerprint density at radius 2 is 1.84 bits per heavy atom. The van der Waals surface area contributed by atoms with Crippen LogP contribution in [0.5, 0.6) is 11.5 Å². The smallest absolute Gasteiger partial charge is 0.330 e. The number of amides is 5. The van der Waals surface area contributed by atoms with Gasteiger partial charge in [0.15, 0.2) is 5.13 Å². The van der Waals surface area contributed by atoms with Crippen molar-refractivity contribution in [2.24, 2.45) is 11.3 Å². The number of carboxylic acid groups (broad SMARTS) is 1. The molecule has 358 valence electrons. The van der Waals surface area contributed by atoms with Gasteiger partial charge in [0.2, 0.25) is 11.8 Å².